The molecule has 2 aliphatic rings. The van der Waals surface area contributed by atoms with E-state index in [0.717, 1.165) is 16.7 Å². The van der Waals surface area contributed by atoms with Crippen molar-refractivity contribution in [3.8, 4) is 0 Å². The lowest BCUT2D eigenvalue weighted by Gasteiger charge is -2.56. The van der Waals surface area contributed by atoms with Gasteiger partial charge < -0.3 is 46.4 Å². The second-order valence-corrected chi connectivity index (χ2v) is 55.7. The number of ether oxygens (including phenoxy) is 7. The van der Waals surface area contributed by atoms with Crippen LogP contribution < -0.4 is 0 Å². The van der Waals surface area contributed by atoms with E-state index in [-0.39, 0.29) is 18.8 Å². The summed E-state index contributed by atoms with van der Waals surface area (Å²) in [5.74, 6) is 0. The normalized spacial score (nSPS) is 23.6. The first kappa shape index (κ1) is 71.1. The van der Waals surface area contributed by atoms with Crippen molar-refractivity contribution < 1.29 is 46.4 Å². The highest BCUT2D eigenvalue weighted by molar-refractivity contribution is 7.33. The second kappa shape index (κ2) is 32.5. The fourth-order valence-corrected chi connectivity index (χ4v) is 55.8. The first-order valence-electron chi connectivity index (χ1n) is 31.9. The molecule has 5 rings (SSSR count). The topological polar surface area (TPSA) is 92.3 Å². The van der Waals surface area contributed by atoms with Crippen molar-refractivity contribution in [2.24, 2.45) is 0 Å². The molecule has 82 heavy (non-hydrogen) atoms. The predicted octanol–water partition coefficient (Wildman–Crippen LogP) is 17.5. The molecule has 0 amide bonds. The third-order valence-corrected chi connectivity index (χ3v) is 59.4. The molecule has 2 aliphatic heterocycles. The summed E-state index contributed by atoms with van der Waals surface area (Å²) < 4.78 is 74.2. The first-order chi connectivity index (χ1) is 38.7. The molecule has 2 heterocycles. The van der Waals surface area contributed by atoms with Crippen LogP contribution in [0.5, 0.6) is 0 Å². The van der Waals surface area contributed by atoms with Crippen LogP contribution in [0.3, 0.4) is 0 Å². The van der Waals surface area contributed by atoms with E-state index in [0.29, 0.717) is 93.8 Å². The summed E-state index contributed by atoms with van der Waals surface area (Å²) in [6.45, 7) is 55.3. The highest BCUT2D eigenvalue weighted by atomic mass is 29.2. The molecule has 0 bridgehead atoms. The van der Waals surface area contributed by atoms with Crippen molar-refractivity contribution in [2.45, 2.75) is 295 Å². The van der Waals surface area contributed by atoms with Crippen LogP contribution in [0.1, 0.15) is 175 Å². The Kier molecular flexibility index (Phi) is 28.2. The van der Waals surface area contributed by atoms with Crippen LogP contribution in [0.2, 0.25) is 61.0 Å². The molecule has 1 unspecified atom stereocenters. The Morgan fingerprint density at radius 1 is 0.415 bits per heavy atom. The van der Waals surface area contributed by atoms with Gasteiger partial charge in [-0.2, -0.15) is 0 Å². The quantitative estimate of drug-likeness (QED) is 0.0549. The van der Waals surface area contributed by atoms with Crippen molar-refractivity contribution in [3.63, 3.8) is 0 Å². The summed E-state index contributed by atoms with van der Waals surface area (Å²) in [5.41, 5.74) is 7.92. The van der Waals surface area contributed by atoms with E-state index >= 15 is 0 Å². The van der Waals surface area contributed by atoms with Crippen LogP contribution in [-0.2, 0) is 66.3 Å². The highest BCUT2D eigenvalue weighted by Crippen LogP contribution is 2.50. The third kappa shape index (κ3) is 16.9. The summed E-state index contributed by atoms with van der Waals surface area (Å²) in [7, 11) is -8.07. The van der Waals surface area contributed by atoms with Gasteiger partial charge in [-0.3, -0.25) is 0 Å². The summed E-state index contributed by atoms with van der Waals surface area (Å²) in [6.07, 6.45) is -4.58. The highest BCUT2D eigenvalue weighted by Gasteiger charge is 2.60. The molecular formula is C67H116O10Si5. The summed E-state index contributed by atoms with van der Waals surface area (Å²) in [4.78, 5) is 0. The summed E-state index contributed by atoms with van der Waals surface area (Å²) in [6, 6.07) is 30.8. The van der Waals surface area contributed by atoms with E-state index in [1.165, 1.54) is 0 Å². The molecule has 464 valence electrons. The molecule has 10 nitrogen and oxygen atoms in total. The lowest BCUT2D eigenvalue weighted by atomic mass is 9.97. The van der Waals surface area contributed by atoms with E-state index in [1.54, 1.807) is 7.11 Å². The van der Waals surface area contributed by atoms with Crippen LogP contribution in [0.25, 0.3) is 0 Å². The maximum Gasteiger partial charge on any atom is 0.200 e. The van der Waals surface area contributed by atoms with Crippen molar-refractivity contribution in [3.05, 3.63) is 108 Å². The van der Waals surface area contributed by atoms with Crippen LogP contribution in [0.15, 0.2) is 91.0 Å². The molecule has 0 aliphatic carbocycles. The van der Waals surface area contributed by atoms with Gasteiger partial charge in [-0.15, -0.1) is 0 Å². The smallest absolute Gasteiger partial charge is 0.200 e. The van der Waals surface area contributed by atoms with Crippen LogP contribution >= 0.6 is 0 Å². The molecule has 9 atom stereocenters. The Bertz CT molecular complexity index is 2180. The van der Waals surface area contributed by atoms with Crippen LogP contribution in [-0.4, -0.2) is 116 Å². The Hall–Kier alpha value is -1.66. The van der Waals surface area contributed by atoms with E-state index in [2.05, 4.69) is 189 Å². The van der Waals surface area contributed by atoms with Crippen LogP contribution in [0.4, 0.5) is 0 Å². The molecule has 0 saturated carbocycles. The molecule has 0 spiro atoms. The van der Waals surface area contributed by atoms with Gasteiger partial charge in [0.1, 0.15) is 30.5 Å². The molecule has 3 aromatic rings. The minimum atomic E-state index is -2.61. The fourth-order valence-electron chi connectivity index (χ4n) is 15.4. The molecule has 2 fully saturated rings. The monoisotopic (exact) mass is 1220 g/mol. The van der Waals surface area contributed by atoms with Crippen LogP contribution in [0, 0.1) is 0 Å². The Morgan fingerprint density at radius 3 is 1.15 bits per heavy atom. The maximum atomic E-state index is 8.53. The zero-order valence-electron chi connectivity index (χ0n) is 55.5. The van der Waals surface area contributed by atoms with Gasteiger partial charge in [0.2, 0.25) is 0 Å². The van der Waals surface area contributed by atoms with E-state index in [9.17, 15) is 0 Å². The zero-order chi connectivity index (χ0) is 60.9. The predicted molar refractivity (Wildman–Crippen MR) is 351 cm³/mol. The first-order valence-corrected chi connectivity index (χ1v) is 43.4. The molecule has 15 heteroatoms. The molecule has 0 aromatic heterocycles. The molecule has 2 radical (unpaired) electrons. The Labute approximate surface area is 507 Å². The number of rotatable bonds is 33. The standard InChI is InChI=1S/C67H116O10Si5/c1-45(2)78(46(3)4)81(52(15)16,53(17)18)76-59-39-62(74-61(44-73-80(49(9)10,50(11)12)51(13)14)63(59)77-82(54(19)20,55(21)22)79(47(5)6)48(7)8)69-43-60-64(70-40-56-33-27-24-28-34-56)65(71-41-57-35-29-25-30-36-57)66(67(68-23)75-60)72-42-58-37-31-26-32-38-58/h24-38,45-55,59-67H,39-44H2,1-23H3/t59-,60-,61-,62?,63+,64-,65+,66-,67+/m1/s1. The van der Waals surface area contributed by atoms with E-state index in [1.807, 2.05) is 54.6 Å². The minimum Gasteiger partial charge on any atom is -0.413 e. The van der Waals surface area contributed by atoms with Gasteiger partial charge in [0, 0.05) is 13.5 Å². The fraction of sp³-hybridized carbons (Fsp3) is 0.731. The van der Waals surface area contributed by atoms with E-state index in [4.69, 9.17) is 46.4 Å². The molecule has 2 saturated heterocycles. The number of benzene rings is 3. The lowest BCUT2D eigenvalue weighted by molar-refractivity contribution is -0.332. The molecule has 0 N–H and O–H groups in total. The van der Waals surface area contributed by atoms with Gasteiger partial charge in [-0.25, -0.2) is 0 Å². The maximum absolute atomic E-state index is 8.53. The Balaban J connectivity index is 1.71. The van der Waals surface area contributed by atoms with Gasteiger partial charge in [0.05, 0.1) is 61.9 Å². The van der Waals surface area contributed by atoms with Gasteiger partial charge in [-0.05, 0) is 55.5 Å². The second-order valence-electron chi connectivity index (χ2n) is 27.3. The van der Waals surface area contributed by atoms with Gasteiger partial charge >= 0.3 is 0 Å². The minimum absolute atomic E-state index is 0.142. The van der Waals surface area contributed by atoms with Crippen molar-refractivity contribution in [1.29, 1.82) is 0 Å². The van der Waals surface area contributed by atoms with Gasteiger partial charge in [0.15, 0.2) is 36.6 Å². The Morgan fingerprint density at radius 2 is 0.780 bits per heavy atom. The van der Waals surface area contributed by atoms with E-state index < -0.39 is 83.7 Å². The SMILES string of the molecule is CO[C@H]1O[C@H](COC2C[C@@H](O[Si](C(C)C)(C(C)C)[Si](C(C)C)C(C)C)[C@H](O[Si](C(C)C)(C(C)C)[Si](C(C)C)C(C)C)[C@@H](CO[Si](C(C)C)(C(C)C)C(C)C)O2)[C@@H](OCc2ccccc2)[C@H](OCc2ccccc2)[C@H]1OCc1ccccc1. The molecule has 3 aromatic carbocycles. The van der Waals surface area contributed by atoms with Crippen molar-refractivity contribution in [1.82, 2.24) is 0 Å². The number of hydrogen-bond acceptors (Lipinski definition) is 10. The lowest BCUT2D eigenvalue weighted by Crippen LogP contribution is -2.69. The molecular weight excluding hydrogens is 1110 g/mol. The average Bonchev–Trinajstić information content (AvgIpc) is 3.53. The third-order valence-electron chi connectivity index (χ3n) is 18.3. The number of methoxy groups -OCH3 is 1. The van der Waals surface area contributed by atoms with Crippen molar-refractivity contribution in [2.75, 3.05) is 20.3 Å². The zero-order valence-corrected chi connectivity index (χ0v) is 60.5. The van der Waals surface area contributed by atoms with Crippen molar-refractivity contribution >= 4 is 40.6 Å². The largest absolute Gasteiger partial charge is 0.413 e. The number of hydrogen-bond donors (Lipinski definition) is 0. The summed E-state index contributed by atoms with van der Waals surface area (Å²) >= 11 is 0. The van der Waals surface area contributed by atoms with Gasteiger partial charge in [-0.1, -0.05) is 265 Å². The van der Waals surface area contributed by atoms with Gasteiger partial charge in [0.25, 0.3) is 0 Å². The average molecular weight is 1220 g/mol. The summed E-state index contributed by atoms with van der Waals surface area (Å²) in [5, 5.41) is 0.